The van der Waals surface area contributed by atoms with Crippen LogP contribution in [0.1, 0.15) is 36.2 Å². The smallest absolute Gasteiger partial charge is 0.319 e. The van der Waals surface area contributed by atoms with E-state index in [4.69, 9.17) is 0 Å². The number of imide groups is 1. The van der Waals surface area contributed by atoms with Gasteiger partial charge in [-0.25, -0.2) is 9.69 Å². The summed E-state index contributed by atoms with van der Waals surface area (Å²) < 4.78 is 0. The molecule has 0 aliphatic carbocycles. The van der Waals surface area contributed by atoms with Crippen LogP contribution in [-0.2, 0) is 10.3 Å². The van der Waals surface area contributed by atoms with E-state index in [0.717, 1.165) is 35.7 Å². The molecule has 2 saturated heterocycles. The average Bonchev–Trinajstić information content (AvgIpc) is 3.45. The number of hydrogen-bond acceptors (Lipinski definition) is 3. The molecule has 5 nitrogen and oxygen atoms in total. The number of carbonyl (C=O) groups excluding carboxylic acids is 2. The molecule has 0 radical (unpaired) electrons. The van der Waals surface area contributed by atoms with Crippen LogP contribution >= 0.6 is 11.3 Å². The van der Waals surface area contributed by atoms with E-state index in [-0.39, 0.29) is 11.9 Å². The second kappa shape index (κ2) is 6.97. The number of quaternary nitrogens is 1. The number of nitrogens with zero attached hydrogens (tertiary/aromatic N) is 1. The lowest BCUT2D eigenvalue weighted by Crippen LogP contribution is -3.12. The number of benzene rings is 2. The van der Waals surface area contributed by atoms with Gasteiger partial charge in [-0.1, -0.05) is 48.5 Å². The van der Waals surface area contributed by atoms with Crippen LogP contribution < -0.4 is 10.2 Å². The van der Waals surface area contributed by atoms with Crippen LogP contribution in [0.5, 0.6) is 0 Å². The zero-order valence-electron chi connectivity index (χ0n) is 16.4. The maximum Gasteiger partial charge on any atom is 0.329 e. The highest BCUT2D eigenvalue weighted by Gasteiger charge is 2.51. The number of likely N-dealkylation sites (tertiary alicyclic amines) is 1. The third-order valence-corrected chi connectivity index (χ3v) is 7.32. The Bertz CT molecular complexity index is 1080. The van der Waals surface area contributed by atoms with Crippen molar-refractivity contribution >= 4 is 34.0 Å². The third kappa shape index (κ3) is 2.94. The van der Waals surface area contributed by atoms with Gasteiger partial charge in [-0.15, -0.1) is 11.3 Å². The molecule has 148 valence electrons. The largest absolute Gasteiger partial charge is 0.329 e. The Morgan fingerprint density at radius 1 is 1.14 bits per heavy atom. The fraction of sp³-hybridized carbons (Fsp3) is 0.304. The Labute approximate surface area is 173 Å². The molecule has 3 atom stereocenters. The van der Waals surface area contributed by atoms with E-state index in [1.54, 1.807) is 11.3 Å². The van der Waals surface area contributed by atoms with Crippen LogP contribution in [0.15, 0.2) is 60.0 Å². The minimum Gasteiger partial charge on any atom is -0.319 e. The molecule has 0 spiro atoms. The summed E-state index contributed by atoms with van der Waals surface area (Å²) in [6, 6.07) is 18.2. The predicted molar refractivity (Wildman–Crippen MR) is 114 cm³/mol. The SMILES string of the molecule is C[C@]1(c2cccc3ccccc23)NC(=O)N(C[NH+]2CCC[C@@H]2c2cccs2)C1=O. The number of rotatable bonds is 4. The minimum absolute atomic E-state index is 0.164. The minimum atomic E-state index is -1.05. The zero-order chi connectivity index (χ0) is 20.0. The van der Waals surface area contributed by atoms with E-state index in [2.05, 4.69) is 22.8 Å². The van der Waals surface area contributed by atoms with Gasteiger partial charge in [-0.05, 0) is 34.7 Å². The van der Waals surface area contributed by atoms with Gasteiger partial charge in [0.25, 0.3) is 5.91 Å². The van der Waals surface area contributed by atoms with Gasteiger partial charge < -0.3 is 10.2 Å². The van der Waals surface area contributed by atoms with Crippen molar-refractivity contribution in [2.45, 2.75) is 31.3 Å². The number of urea groups is 1. The summed E-state index contributed by atoms with van der Waals surface area (Å²) in [5.74, 6) is -0.164. The van der Waals surface area contributed by atoms with Crippen LogP contribution in [0, 0.1) is 0 Å². The van der Waals surface area contributed by atoms with Crippen LogP contribution in [0.4, 0.5) is 4.79 Å². The number of nitrogens with one attached hydrogen (secondary N) is 2. The number of amides is 3. The molecule has 2 fully saturated rings. The lowest BCUT2D eigenvalue weighted by Gasteiger charge is -2.26. The van der Waals surface area contributed by atoms with E-state index in [0.29, 0.717) is 12.7 Å². The van der Waals surface area contributed by atoms with Crippen molar-refractivity contribution in [1.82, 2.24) is 10.2 Å². The molecule has 1 unspecified atom stereocenters. The normalized spacial score (nSPS) is 27.0. The summed E-state index contributed by atoms with van der Waals surface area (Å²) >= 11 is 1.76. The average molecular weight is 407 g/mol. The summed E-state index contributed by atoms with van der Waals surface area (Å²) in [6.07, 6.45) is 2.21. The van der Waals surface area contributed by atoms with Crippen molar-refractivity contribution in [1.29, 1.82) is 0 Å². The summed E-state index contributed by atoms with van der Waals surface area (Å²) in [5, 5.41) is 7.15. The van der Waals surface area contributed by atoms with Gasteiger partial charge in [-0.3, -0.25) is 4.79 Å². The van der Waals surface area contributed by atoms with E-state index >= 15 is 0 Å². The first kappa shape index (κ1) is 18.3. The molecule has 0 saturated carbocycles. The quantitative estimate of drug-likeness (QED) is 0.655. The zero-order valence-corrected chi connectivity index (χ0v) is 17.2. The molecule has 2 aliphatic rings. The molecular weight excluding hydrogens is 382 g/mol. The molecule has 0 bridgehead atoms. The summed E-state index contributed by atoms with van der Waals surface area (Å²) in [5.41, 5.74) is -0.196. The van der Waals surface area contributed by atoms with Crippen LogP contribution in [-0.4, -0.2) is 30.1 Å². The van der Waals surface area contributed by atoms with Crippen LogP contribution in [0.25, 0.3) is 10.8 Å². The molecular formula is C23H24N3O2S+. The lowest BCUT2D eigenvalue weighted by molar-refractivity contribution is -0.925. The Morgan fingerprint density at radius 2 is 1.97 bits per heavy atom. The van der Waals surface area contributed by atoms with Crippen LogP contribution in [0.2, 0.25) is 0 Å². The molecule has 6 heteroatoms. The maximum absolute atomic E-state index is 13.5. The van der Waals surface area contributed by atoms with Crippen molar-refractivity contribution in [3.05, 3.63) is 70.4 Å². The molecule has 2 aromatic carbocycles. The van der Waals surface area contributed by atoms with Gasteiger partial charge in [0.1, 0.15) is 11.6 Å². The standard InChI is InChI=1S/C23H23N3O2S/c1-23(18-10-4-8-16-7-2-3-9-17(16)18)21(27)26(22(28)24-23)15-25-13-5-11-19(25)20-12-6-14-29-20/h2-4,6-10,12,14,19H,5,11,13,15H2,1H3,(H,24,28)/p+1/t19-,23-/m1/s1. The molecule has 2 aliphatic heterocycles. The van der Waals surface area contributed by atoms with Gasteiger partial charge >= 0.3 is 6.03 Å². The van der Waals surface area contributed by atoms with Crippen molar-refractivity contribution < 1.29 is 14.5 Å². The highest BCUT2D eigenvalue weighted by molar-refractivity contribution is 7.10. The number of thiophene rings is 1. The fourth-order valence-corrected chi connectivity index (χ4v) is 5.74. The van der Waals surface area contributed by atoms with E-state index in [1.165, 1.54) is 14.7 Å². The highest BCUT2D eigenvalue weighted by atomic mass is 32.1. The highest BCUT2D eigenvalue weighted by Crippen LogP contribution is 2.33. The number of carbonyl (C=O) groups is 2. The number of hydrogen-bond donors (Lipinski definition) is 2. The molecule has 2 N–H and O–H groups in total. The van der Waals surface area contributed by atoms with Crippen molar-refractivity contribution in [2.24, 2.45) is 0 Å². The second-order valence-electron chi connectivity index (χ2n) is 8.09. The van der Waals surface area contributed by atoms with Crippen molar-refractivity contribution in [3.8, 4) is 0 Å². The van der Waals surface area contributed by atoms with Crippen molar-refractivity contribution in [2.75, 3.05) is 13.2 Å². The Kier molecular flexibility index (Phi) is 4.41. The molecule has 3 amide bonds. The number of fused-ring (bicyclic) bond motifs is 1. The summed E-state index contributed by atoms with van der Waals surface area (Å²) in [7, 11) is 0. The topological polar surface area (TPSA) is 53.9 Å². The van der Waals surface area contributed by atoms with Gasteiger partial charge in [0, 0.05) is 12.8 Å². The summed E-state index contributed by atoms with van der Waals surface area (Å²) in [4.78, 5) is 30.4. The van der Waals surface area contributed by atoms with E-state index < -0.39 is 5.54 Å². The maximum atomic E-state index is 13.5. The molecule has 3 heterocycles. The monoisotopic (exact) mass is 406 g/mol. The predicted octanol–water partition coefficient (Wildman–Crippen LogP) is 3.05. The first-order chi connectivity index (χ1) is 14.1. The first-order valence-corrected chi connectivity index (χ1v) is 11.0. The summed E-state index contributed by atoms with van der Waals surface area (Å²) in [6.45, 7) is 3.21. The Hall–Kier alpha value is -2.70. The van der Waals surface area contributed by atoms with Gasteiger partial charge in [0.2, 0.25) is 0 Å². The molecule has 3 aromatic rings. The Balaban J connectivity index is 1.45. The molecule has 1 aromatic heterocycles. The van der Waals surface area contributed by atoms with Crippen molar-refractivity contribution in [3.63, 3.8) is 0 Å². The second-order valence-corrected chi connectivity index (χ2v) is 9.07. The third-order valence-electron chi connectivity index (χ3n) is 6.33. The lowest BCUT2D eigenvalue weighted by atomic mass is 9.88. The fourth-order valence-electron chi connectivity index (χ4n) is 4.82. The Morgan fingerprint density at radius 3 is 2.79 bits per heavy atom. The van der Waals surface area contributed by atoms with Gasteiger partial charge in [0.15, 0.2) is 6.67 Å². The van der Waals surface area contributed by atoms with E-state index in [9.17, 15) is 9.59 Å². The van der Waals surface area contributed by atoms with E-state index in [1.807, 2.05) is 49.4 Å². The van der Waals surface area contributed by atoms with Gasteiger partial charge in [0.05, 0.1) is 11.4 Å². The van der Waals surface area contributed by atoms with Crippen LogP contribution in [0.3, 0.4) is 0 Å². The first-order valence-electron chi connectivity index (χ1n) is 10.1. The molecule has 5 rings (SSSR count). The molecule has 29 heavy (non-hydrogen) atoms. The van der Waals surface area contributed by atoms with Gasteiger partial charge in [-0.2, -0.15) is 0 Å².